The maximum absolute atomic E-state index is 6.19. The highest BCUT2D eigenvalue weighted by molar-refractivity contribution is 6.89. The van der Waals surface area contributed by atoms with Crippen molar-refractivity contribution in [3.05, 3.63) is 23.8 Å². The smallest absolute Gasteiger partial charge is 0.0892 e. The highest BCUT2D eigenvalue weighted by Crippen LogP contribution is 2.11. The number of aryl methyl sites for hydroxylation is 1. The summed E-state index contributed by atoms with van der Waals surface area (Å²) in [5, 5.41) is 3.14. The van der Waals surface area contributed by atoms with Crippen molar-refractivity contribution in [3.63, 3.8) is 0 Å². The first-order valence-electron chi connectivity index (χ1n) is 6.43. The average Bonchev–Trinajstić information content (AvgIpc) is 2.15. The zero-order valence-corrected chi connectivity index (χ0v) is 14.9. The summed E-state index contributed by atoms with van der Waals surface area (Å²) in [5.74, 6) is 0. The summed E-state index contributed by atoms with van der Waals surface area (Å²) in [6, 6.07) is 7.19. The molecule has 3 heteroatoms. The quantitative estimate of drug-likeness (QED) is 0.589. The zero-order valence-electron chi connectivity index (χ0n) is 12.0. The third kappa shape index (κ3) is 3.97. The molecule has 0 fully saturated rings. The normalized spacial score (nSPS) is 14.1. The Labute approximate surface area is 114 Å². The van der Waals surface area contributed by atoms with Gasteiger partial charge >= 0.3 is 0 Å². The molecule has 1 atom stereocenters. The molecule has 1 aromatic rings. The molecule has 0 saturated carbocycles. The molecule has 0 radical (unpaired) electrons. The molecule has 1 unspecified atom stereocenters. The maximum Gasteiger partial charge on any atom is 0.0892 e. The van der Waals surface area contributed by atoms with Crippen LogP contribution in [0.5, 0.6) is 0 Å². The fraction of sp³-hybridized carbons (Fsp3) is 0.571. The van der Waals surface area contributed by atoms with Gasteiger partial charge in [0.05, 0.1) is 16.9 Å². The maximum atomic E-state index is 6.19. The molecule has 0 N–H and O–H groups in total. The molecule has 96 valence electrons. The summed E-state index contributed by atoms with van der Waals surface area (Å²) in [6.07, 6.45) is 0. The Morgan fingerprint density at radius 3 is 2.18 bits per heavy atom. The van der Waals surface area contributed by atoms with Gasteiger partial charge < -0.3 is 0 Å². The SMILES string of the molecule is Cc1cc([SiH](CCl)C(C)C)cc([Si](C)(C)C)c1. The molecule has 0 bridgehead atoms. The lowest BCUT2D eigenvalue weighted by Crippen LogP contribution is -2.44. The van der Waals surface area contributed by atoms with E-state index in [1.54, 1.807) is 10.4 Å². The van der Waals surface area contributed by atoms with E-state index in [1.807, 2.05) is 0 Å². The van der Waals surface area contributed by atoms with Crippen LogP contribution in [0.25, 0.3) is 0 Å². The lowest BCUT2D eigenvalue weighted by Gasteiger charge is -2.23. The van der Waals surface area contributed by atoms with Gasteiger partial charge in [-0.2, -0.15) is 0 Å². The van der Waals surface area contributed by atoms with E-state index in [9.17, 15) is 0 Å². The minimum atomic E-state index is -1.21. The summed E-state index contributed by atoms with van der Waals surface area (Å²) < 4.78 is 0. The second-order valence-corrected chi connectivity index (χ2v) is 15.9. The molecule has 17 heavy (non-hydrogen) atoms. The summed E-state index contributed by atoms with van der Waals surface area (Å²) in [4.78, 5) is 0. The lowest BCUT2D eigenvalue weighted by molar-refractivity contribution is 1.05. The van der Waals surface area contributed by atoms with Crippen molar-refractivity contribution < 1.29 is 0 Å². The zero-order chi connectivity index (χ0) is 13.2. The third-order valence-electron chi connectivity index (χ3n) is 3.36. The molecular formula is C14H25ClSi2. The Morgan fingerprint density at radius 2 is 1.76 bits per heavy atom. The van der Waals surface area contributed by atoms with E-state index in [0.29, 0.717) is 0 Å². The highest BCUT2D eigenvalue weighted by atomic mass is 35.5. The van der Waals surface area contributed by atoms with Crippen LogP contribution in [0.4, 0.5) is 0 Å². The first-order valence-corrected chi connectivity index (χ1v) is 12.5. The van der Waals surface area contributed by atoms with Crippen LogP contribution in [0.1, 0.15) is 19.4 Å². The van der Waals surface area contributed by atoms with Gasteiger partial charge in [0.2, 0.25) is 0 Å². The molecule has 0 aromatic heterocycles. The fourth-order valence-corrected chi connectivity index (χ4v) is 7.32. The monoisotopic (exact) mass is 284 g/mol. The predicted molar refractivity (Wildman–Crippen MR) is 86.8 cm³/mol. The van der Waals surface area contributed by atoms with Crippen molar-refractivity contribution in [1.29, 1.82) is 0 Å². The van der Waals surface area contributed by atoms with E-state index in [0.717, 1.165) is 11.0 Å². The second kappa shape index (κ2) is 5.72. The molecule has 1 aromatic carbocycles. The largest absolute Gasteiger partial charge is 0.130 e. The van der Waals surface area contributed by atoms with Crippen LogP contribution in [-0.4, -0.2) is 22.4 Å². The summed E-state index contributed by atoms with van der Waals surface area (Å²) in [7, 11) is -2.20. The van der Waals surface area contributed by atoms with Crippen LogP contribution in [-0.2, 0) is 0 Å². The van der Waals surface area contributed by atoms with Gasteiger partial charge in [0.25, 0.3) is 0 Å². The highest BCUT2D eigenvalue weighted by Gasteiger charge is 2.21. The number of rotatable bonds is 4. The van der Waals surface area contributed by atoms with E-state index >= 15 is 0 Å². The molecule has 0 amide bonds. The van der Waals surface area contributed by atoms with Crippen LogP contribution in [0, 0.1) is 6.92 Å². The first-order chi connectivity index (χ1) is 7.75. The van der Waals surface area contributed by atoms with Crippen molar-refractivity contribution >= 4 is 38.8 Å². The van der Waals surface area contributed by atoms with Gasteiger partial charge in [0, 0.05) is 5.50 Å². The summed E-state index contributed by atoms with van der Waals surface area (Å²) in [6.45, 7) is 14.1. The van der Waals surface area contributed by atoms with Gasteiger partial charge in [-0.25, -0.2) is 0 Å². The Kier molecular flexibility index (Phi) is 5.05. The fourth-order valence-electron chi connectivity index (χ4n) is 2.11. The molecule has 0 spiro atoms. The molecule has 0 saturated heterocycles. The Balaban J connectivity index is 3.21. The molecule has 0 aliphatic heterocycles. The van der Waals surface area contributed by atoms with Crippen LogP contribution < -0.4 is 10.4 Å². The van der Waals surface area contributed by atoms with Crippen molar-refractivity contribution in [2.75, 3.05) is 5.50 Å². The van der Waals surface area contributed by atoms with Gasteiger partial charge in [-0.15, -0.1) is 11.6 Å². The van der Waals surface area contributed by atoms with Crippen LogP contribution in [0.15, 0.2) is 18.2 Å². The van der Waals surface area contributed by atoms with Crippen molar-refractivity contribution in [1.82, 2.24) is 0 Å². The van der Waals surface area contributed by atoms with Crippen molar-refractivity contribution in [2.45, 2.75) is 46.0 Å². The standard InChI is InChI=1S/C14H25ClSi2/c1-11(2)16(10-15)13-7-12(3)8-14(9-13)17(4,5)6/h7-9,11,16H,10H2,1-6H3. The minimum absolute atomic E-state index is 0.740. The van der Waals surface area contributed by atoms with Gasteiger partial charge in [-0.3, -0.25) is 0 Å². The lowest BCUT2D eigenvalue weighted by atomic mass is 10.2. The van der Waals surface area contributed by atoms with E-state index in [-0.39, 0.29) is 0 Å². The van der Waals surface area contributed by atoms with Gasteiger partial charge in [0.1, 0.15) is 0 Å². The van der Waals surface area contributed by atoms with Crippen molar-refractivity contribution in [2.24, 2.45) is 0 Å². The van der Waals surface area contributed by atoms with Crippen molar-refractivity contribution in [3.8, 4) is 0 Å². The Bertz CT molecular complexity index is 380. The number of benzene rings is 1. The van der Waals surface area contributed by atoms with E-state index in [4.69, 9.17) is 11.6 Å². The number of hydrogen-bond donors (Lipinski definition) is 0. The van der Waals surface area contributed by atoms with E-state index < -0.39 is 16.9 Å². The molecule has 0 aliphatic rings. The molecular weight excluding hydrogens is 260 g/mol. The number of alkyl halides is 1. The minimum Gasteiger partial charge on any atom is -0.130 e. The van der Waals surface area contributed by atoms with E-state index in [1.165, 1.54) is 5.56 Å². The molecule has 0 aliphatic carbocycles. The van der Waals surface area contributed by atoms with Gasteiger partial charge in [-0.1, -0.05) is 67.6 Å². The van der Waals surface area contributed by atoms with Crippen LogP contribution >= 0.6 is 11.6 Å². The molecule has 0 nitrogen and oxygen atoms in total. The van der Waals surface area contributed by atoms with E-state index in [2.05, 4.69) is 58.6 Å². The van der Waals surface area contributed by atoms with Crippen LogP contribution in [0.3, 0.4) is 0 Å². The predicted octanol–water partition coefficient (Wildman–Crippen LogP) is 3.16. The number of hydrogen-bond acceptors (Lipinski definition) is 0. The number of halogens is 1. The molecule has 1 rings (SSSR count). The van der Waals surface area contributed by atoms with Gasteiger partial charge in [0.15, 0.2) is 0 Å². The third-order valence-corrected chi connectivity index (χ3v) is 9.51. The average molecular weight is 285 g/mol. The van der Waals surface area contributed by atoms with Gasteiger partial charge in [-0.05, 0) is 12.5 Å². The summed E-state index contributed by atoms with van der Waals surface area (Å²) in [5.41, 5.74) is 3.00. The second-order valence-electron chi connectivity index (χ2n) is 6.39. The topological polar surface area (TPSA) is 0 Å². The summed E-state index contributed by atoms with van der Waals surface area (Å²) >= 11 is 6.19. The molecule has 0 heterocycles. The Morgan fingerprint density at radius 1 is 1.18 bits per heavy atom. The Hall–Kier alpha value is -0.0562. The first kappa shape index (κ1) is 15.0. The van der Waals surface area contributed by atoms with Crippen LogP contribution in [0.2, 0.25) is 25.2 Å².